The maximum atomic E-state index is 12.2. The zero-order valence-corrected chi connectivity index (χ0v) is 17.4. The smallest absolute Gasteiger partial charge is 0.251 e. The van der Waals surface area contributed by atoms with Gasteiger partial charge in [0.05, 0.1) is 6.20 Å². The van der Waals surface area contributed by atoms with E-state index in [9.17, 15) is 4.79 Å². The first-order valence-corrected chi connectivity index (χ1v) is 9.62. The second kappa shape index (κ2) is 9.92. The molecule has 2 rings (SSSR count). The van der Waals surface area contributed by atoms with Crippen LogP contribution in [0.15, 0.2) is 39.9 Å². The van der Waals surface area contributed by atoms with E-state index in [2.05, 4.69) is 46.7 Å². The van der Waals surface area contributed by atoms with Gasteiger partial charge in [-0.15, -0.1) is 0 Å². The van der Waals surface area contributed by atoms with E-state index in [1.165, 1.54) is 0 Å². The van der Waals surface area contributed by atoms with Crippen molar-refractivity contribution in [2.24, 2.45) is 4.99 Å². The van der Waals surface area contributed by atoms with E-state index in [-0.39, 0.29) is 11.3 Å². The number of carbonyl (C=O) groups excluding carboxylic acids is 1. The van der Waals surface area contributed by atoms with Crippen molar-refractivity contribution in [3.05, 3.63) is 53.2 Å². The zero-order valence-electron chi connectivity index (χ0n) is 17.4. The van der Waals surface area contributed by atoms with Gasteiger partial charge in [-0.1, -0.05) is 38.5 Å². The number of aliphatic imine (C=N–C) groups is 1. The molecular weight excluding hydrogens is 354 g/mol. The molecule has 1 heterocycles. The molecule has 1 aromatic carbocycles. The number of aromatic nitrogens is 1. The molecule has 0 bridgehead atoms. The van der Waals surface area contributed by atoms with Crippen molar-refractivity contribution in [3.63, 3.8) is 0 Å². The van der Waals surface area contributed by atoms with Gasteiger partial charge in [-0.3, -0.25) is 4.79 Å². The highest BCUT2D eigenvalue weighted by atomic mass is 16.4. The lowest BCUT2D eigenvalue weighted by atomic mass is 9.94. The molecular formula is C21H31N5O2. The van der Waals surface area contributed by atoms with Crippen LogP contribution in [0.4, 0.5) is 0 Å². The highest BCUT2D eigenvalue weighted by Gasteiger charge is 2.19. The predicted molar refractivity (Wildman–Crippen MR) is 112 cm³/mol. The summed E-state index contributed by atoms with van der Waals surface area (Å²) in [5.41, 5.74) is 1.65. The van der Waals surface area contributed by atoms with Crippen molar-refractivity contribution in [2.75, 3.05) is 19.6 Å². The minimum Gasteiger partial charge on any atom is -0.443 e. The zero-order chi connectivity index (χ0) is 20.6. The lowest BCUT2D eigenvalue weighted by Crippen LogP contribution is -2.41. The molecule has 0 spiro atoms. The molecule has 28 heavy (non-hydrogen) atoms. The largest absolute Gasteiger partial charge is 0.443 e. The van der Waals surface area contributed by atoms with Crippen molar-refractivity contribution in [2.45, 2.75) is 46.6 Å². The number of guanidine groups is 1. The Bertz CT molecular complexity index is 805. The van der Waals surface area contributed by atoms with Crippen molar-refractivity contribution in [3.8, 4) is 0 Å². The molecule has 1 amide bonds. The molecule has 0 unspecified atom stereocenters. The second-order valence-corrected chi connectivity index (χ2v) is 7.62. The number of rotatable bonds is 7. The summed E-state index contributed by atoms with van der Waals surface area (Å²) in [6.45, 7) is 12.3. The molecule has 0 fully saturated rings. The average Bonchev–Trinajstić information content (AvgIpc) is 3.12. The maximum absolute atomic E-state index is 12.2. The van der Waals surface area contributed by atoms with Gasteiger partial charge in [0.15, 0.2) is 5.96 Å². The standard InChI is InChI=1S/C21H31N5O2/c1-6-22-20(26-14-18-25-13-17(28-18)21(3,4)5)24-11-10-23-19(27)16-9-7-8-15(2)12-16/h7-9,12-13H,6,10-11,14H2,1-5H3,(H,23,27)(H2,22,24,26). The first-order valence-electron chi connectivity index (χ1n) is 9.62. The van der Waals surface area contributed by atoms with Crippen molar-refractivity contribution >= 4 is 11.9 Å². The van der Waals surface area contributed by atoms with Crippen LogP contribution in [0.2, 0.25) is 0 Å². The Labute approximate surface area is 167 Å². The molecule has 3 N–H and O–H groups in total. The van der Waals surface area contributed by atoms with Crippen LogP contribution in [-0.4, -0.2) is 36.5 Å². The Kier molecular flexibility index (Phi) is 7.61. The Hall–Kier alpha value is -2.83. The molecule has 0 saturated heterocycles. The van der Waals surface area contributed by atoms with Gasteiger partial charge < -0.3 is 20.4 Å². The molecule has 7 nitrogen and oxygen atoms in total. The topological polar surface area (TPSA) is 91.6 Å². The third-order valence-corrected chi connectivity index (χ3v) is 3.99. The maximum Gasteiger partial charge on any atom is 0.251 e. The lowest BCUT2D eigenvalue weighted by molar-refractivity contribution is 0.0954. The van der Waals surface area contributed by atoms with E-state index in [4.69, 9.17) is 4.42 Å². The number of benzene rings is 1. The van der Waals surface area contributed by atoms with E-state index in [1.807, 2.05) is 38.1 Å². The monoisotopic (exact) mass is 385 g/mol. The Morgan fingerprint density at radius 1 is 1.18 bits per heavy atom. The molecule has 1 aromatic heterocycles. The third kappa shape index (κ3) is 6.72. The Balaban J connectivity index is 1.82. The van der Waals surface area contributed by atoms with Crippen LogP contribution < -0.4 is 16.0 Å². The third-order valence-electron chi connectivity index (χ3n) is 3.99. The highest BCUT2D eigenvalue weighted by molar-refractivity contribution is 5.94. The minimum atomic E-state index is -0.0815. The molecule has 0 aliphatic carbocycles. The van der Waals surface area contributed by atoms with E-state index in [0.717, 1.165) is 17.9 Å². The minimum absolute atomic E-state index is 0.0762. The number of hydrogen-bond donors (Lipinski definition) is 3. The SMILES string of the molecule is CCNC(=NCc1ncc(C(C)(C)C)o1)NCCNC(=O)c1cccc(C)c1. The van der Waals surface area contributed by atoms with Crippen molar-refractivity contribution < 1.29 is 9.21 Å². The summed E-state index contributed by atoms with van der Waals surface area (Å²) in [7, 11) is 0. The van der Waals surface area contributed by atoms with Crippen LogP contribution >= 0.6 is 0 Å². The van der Waals surface area contributed by atoms with Gasteiger partial charge in [-0.05, 0) is 26.0 Å². The molecule has 152 valence electrons. The summed E-state index contributed by atoms with van der Waals surface area (Å²) >= 11 is 0. The first-order chi connectivity index (χ1) is 13.3. The average molecular weight is 386 g/mol. The van der Waals surface area contributed by atoms with Crippen LogP contribution in [0.3, 0.4) is 0 Å². The number of oxazole rings is 1. The fourth-order valence-electron chi connectivity index (χ4n) is 2.46. The molecule has 7 heteroatoms. The summed E-state index contributed by atoms with van der Waals surface area (Å²) in [6.07, 6.45) is 1.76. The van der Waals surface area contributed by atoms with Gasteiger partial charge >= 0.3 is 0 Å². The van der Waals surface area contributed by atoms with Crippen molar-refractivity contribution in [1.82, 2.24) is 20.9 Å². The fraction of sp³-hybridized carbons (Fsp3) is 0.476. The number of hydrogen-bond acceptors (Lipinski definition) is 4. The van der Waals surface area contributed by atoms with Gasteiger partial charge in [-0.25, -0.2) is 9.98 Å². The van der Waals surface area contributed by atoms with Gasteiger partial charge in [0.2, 0.25) is 5.89 Å². The molecule has 2 aromatic rings. The van der Waals surface area contributed by atoms with Crippen molar-refractivity contribution in [1.29, 1.82) is 0 Å². The number of aryl methyl sites for hydroxylation is 1. The summed E-state index contributed by atoms with van der Waals surface area (Å²) in [4.78, 5) is 20.9. The van der Waals surface area contributed by atoms with E-state index in [0.29, 0.717) is 37.0 Å². The van der Waals surface area contributed by atoms with Gasteiger partial charge in [0.25, 0.3) is 5.91 Å². The molecule has 0 aliphatic heterocycles. The van der Waals surface area contributed by atoms with Crippen LogP contribution in [0.1, 0.15) is 55.3 Å². The van der Waals surface area contributed by atoms with E-state index >= 15 is 0 Å². The van der Waals surface area contributed by atoms with Crippen LogP contribution in [0.25, 0.3) is 0 Å². The normalized spacial score (nSPS) is 12.0. The quantitative estimate of drug-likeness (QED) is 0.387. The highest BCUT2D eigenvalue weighted by Crippen LogP contribution is 2.22. The predicted octanol–water partition coefficient (Wildman–Crippen LogP) is 2.77. The summed E-state index contributed by atoms with van der Waals surface area (Å²) in [5.74, 6) is 1.99. The number of nitrogens with one attached hydrogen (secondary N) is 3. The Morgan fingerprint density at radius 2 is 1.93 bits per heavy atom. The van der Waals surface area contributed by atoms with Gasteiger partial charge in [0.1, 0.15) is 12.3 Å². The molecule has 0 atom stereocenters. The summed E-state index contributed by atoms with van der Waals surface area (Å²) in [6, 6.07) is 7.53. The Morgan fingerprint density at radius 3 is 2.57 bits per heavy atom. The summed E-state index contributed by atoms with van der Waals surface area (Å²) < 4.78 is 5.76. The first kappa shape index (κ1) is 21.5. The number of carbonyl (C=O) groups is 1. The summed E-state index contributed by atoms with van der Waals surface area (Å²) in [5, 5.41) is 9.28. The number of amides is 1. The second-order valence-electron chi connectivity index (χ2n) is 7.62. The van der Waals surface area contributed by atoms with Gasteiger partial charge in [0, 0.05) is 30.6 Å². The molecule has 0 radical (unpaired) electrons. The van der Waals surface area contributed by atoms with Crippen LogP contribution in [0, 0.1) is 6.92 Å². The van der Waals surface area contributed by atoms with E-state index < -0.39 is 0 Å². The lowest BCUT2D eigenvalue weighted by Gasteiger charge is -2.13. The van der Waals surface area contributed by atoms with Gasteiger partial charge in [-0.2, -0.15) is 0 Å². The van der Waals surface area contributed by atoms with E-state index in [1.54, 1.807) is 6.20 Å². The molecule has 0 aliphatic rings. The fourth-order valence-corrected chi connectivity index (χ4v) is 2.46. The van der Waals surface area contributed by atoms with Crippen LogP contribution in [0.5, 0.6) is 0 Å². The van der Waals surface area contributed by atoms with Crippen LogP contribution in [-0.2, 0) is 12.0 Å². The number of nitrogens with zero attached hydrogens (tertiary/aromatic N) is 2. The molecule has 0 saturated carbocycles.